The van der Waals surface area contributed by atoms with E-state index in [2.05, 4.69) is 139 Å². The van der Waals surface area contributed by atoms with Gasteiger partial charge in [0, 0.05) is 0 Å². The van der Waals surface area contributed by atoms with Crippen molar-refractivity contribution in [2.24, 2.45) is 7.05 Å². The van der Waals surface area contributed by atoms with Crippen molar-refractivity contribution in [2.45, 2.75) is 6.92 Å². The summed E-state index contributed by atoms with van der Waals surface area (Å²) in [4.78, 5) is 0. The molecule has 1 aromatic heterocycles. The first-order chi connectivity index (χ1) is 16.2. The number of nitrogens with zero attached hydrogens (tertiary/aromatic N) is 2. The van der Waals surface area contributed by atoms with Gasteiger partial charge in [0.15, 0.2) is 0 Å². The highest BCUT2D eigenvalue weighted by atomic mass is 15.1. The minimum absolute atomic E-state index is 1.16. The Balaban J connectivity index is 1.57. The maximum Gasteiger partial charge on any atom is 0.294 e. The zero-order valence-electron chi connectivity index (χ0n) is 18.9. The van der Waals surface area contributed by atoms with E-state index >= 15 is 0 Å². The molecule has 0 aliphatic heterocycles. The van der Waals surface area contributed by atoms with E-state index < -0.39 is 0 Å². The lowest BCUT2D eigenvalue weighted by Crippen LogP contribution is -2.29. The monoisotopic (exact) mass is 425 g/mol. The second kappa shape index (κ2) is 7.75. The summed E-state index contributed by atoms with van der Waals surface area (Å²) >= 11 is 0. The number of hydrogen-bond donors (Lipinski definition) is 0. The molecule has 1 heterocycles. The van der Waals surface area contributed by atoms with Crippen molar-refractivity contribution in [3.05, 3.63) is 121 Å². The summed E-state index contributed by atoms with van der Waals surface area (Å²) in [5.41, 5.74) is 6.16. The van der Waals surface area contributed by atoms with Crippen LogP contribution < -0.4 is 4.57 Å². The van der Waals surface area contributed by atoms with Crippen molar-refractivity contribution in [1.82, 2.24) is 4.57 Å². The molecule has 0 spiro atoms. The molecule has 0 fully saturated rings. The summed E-state index contributed by atoms with van der Waals surface area (Å²) in [6, 6.07) is 37.1. The van der Waals surface area contributed by atoms with Crippen LogP contribution in [0, 0.1) is 6.92 Å². The second-order valence-electron chi connectivity index (χ2n) is 8.66. The third-order valence-corrected chi connectivity index (χ3v) is 6.61. The fourth-order valence-corrected chi connectivity index (χ4v) is 4.92. The zero-order valence-corrected chi connectivity index (χ0v) is 18.9. The molecule has 0 aliphatic rings. The summed E-state index contributed by atoms with van der Waals surface area (Å²) < 4.78 is 4.47. The van der Waals surface area contributed by atoms with Crippen molar-refractivity contribution in [1.29, 1.82) is 0 Å². The third-order valence-electron chi connectivity index (χ3n) is 6.61. The molecule has 2 nitrogen and oxygen atoms in total. The van der Waals surface area contributed by atoms with Crippen LogP contribution in [0.3, 0.4) is 0 Å². The van der Waals surface area contributed by atoms with Crippen LogP contribution in [-0.4, -0.2) is 4.57 Å². The predicted molar refractivity (Wildman–Crippen MR) is 138 cm³/mol. The lowest BCUT2D eigenvalue weighted by molar-refractivity contribution is -0.659. The van der Waals surface area contributed by atoms with Crippen LogP contribution in [0.1, 0.15) is 5.56 Å². The minimum Gasteiger partial charge on any atom is -0.232 e. The van der Waals surface area contributed by atoms with Crippen LogP contribution in [0.5, 0.6) is 0 Å². The average Bonchev–Trinajstić information content (AvgIpc) is 3.25. The van der Waals surface area contributed by atoms with Gasteiger partial charge in [-0.05, 0) is 63.4 Å². The Morgan fingerprint density at radius 3 is 2.30 bits per heavy atom. The lowest BCUT2D eigenvalue weighted by atomic mass is 9.93. The molecular formula is C31H25N2+. The number of fused-ring (bicyclic) bond motifs is 3. The van der Waals surface area contributed by atoms with Crippen molar-refractivity contribution >= 4 is 21.5 Å². The molecule has 0 bridgehead atoms. The first-order valence-electron chi connectivity index (χ1n) is 11.3. The highest BCUT2D eigenvalue weighted by Gasteiger charge is 2.21. The largest absolute Gasteiger partial charge is 0.294 e. The van der Waals surface area contributed by atoms with Crippen LogP contribution in [0.2, 0.25) is 0 Å². The minimum atomic E-state index is 1.16. The van der Waals surface area contributed by atoms with E-state index in [1.807, 2.05) is 0 Å². The molecule has 0 N–H and O–H groups in total. The van der Waals surface area contributed by atoms with Gasteiger partial charge in [-0.3, -0.25) is 0 Å². The van der Waals surface area contributed by atoms with E-state index in [9.17, 15) is 0 Å². The van der Waals surface area contributed by atoms with E-state index in [0.717, 1.165) is 5.69 Å². The topological polar surface area (TPSA) is 8.81 Å². The van der Waals surface area contributed by atoms with Crippen LogP contribution in [-0.2, 0) is 7.05 Å². The zero-order chi connectivity index (χ0) is 22.4. The van der Waals surface area contributed by atoms with Gasteiger partial charge in [-0.2, -0.15) is 4.57 Å². The summed E-state index contributed by atoms with van der Waals surface area (Å²) in [6.07, 6.45) is 4.26. The van der Waals surface area contributed by atoms with E-state index in [-0.39, 0.29) is 0 Å². The predicted octanol–water partition coefficient (Wildman–Crippen LogP) is 7.25. The van der Waals surface area contributed by atoms with E-state index in [4.69, 9.17) is 0 Å². The molecule has 5 aromatic carbocycles. The molecule has 33 heavy (non-hydrogen) atoms. The van der Waals surface area contributed by atoms with Gasteiger partial charge in [-0.25, -0.2) is 4.57 Å². The molecule has 0 saturated heterocycles. The fourth-order valence-electron chi connectivity index (χ4n) is 4.92. The SMILES string of the molecule is Cc1ccc(-c2cccc3c2ccc2ccccc23)cc1-c1n(-c2ccccc2)cc[n+]1C. The molecule has 6 aromatic rings. The summed E-state index contributed by atoms with van der Waals surface area (Å²) in [6.45, 7) is 2.19. The molecule has 158 valence electrons. The fraction of sp³-hybridized carbons (Fsp3) is 0.0645. The van der Waals surface area contributed by atoms with Gasteiger partial charge in [0.2, 0.25) is 0 Å². The van der Waals surface area contributed by atoms with Gasteiger partial charge in [-0.15, -0.1) is 0 Å². The Morgan fingerprint density at radius 1 is 0.636 bits per heavy atom. The van der Waals surface area contributed by atoms with Gasteiger partial charge in [0.05, 0.1) is 12.6 Å². The van der Waals surface area contributed by atoms with Crippen molar-refractivity contribution in [3.8, 4) is 28.2 Å². The molecule has 0 atom stereocenters. The van der Waals surface area contributed by atoms with E-state index in [1.54, 1.807) is 0 Å². The Kier molecular flexibility index (Phi) is 4.58. The number of para-hydroxylation sites is 1. The molecule has 0 saturated carbocycles. The maximum atomic E-state index is 2.34. The Morgan fingerprint density at radius 2 is 1.42 bits per heavy atom. The van der Waals surface area contributed by atoms with E-state index in [1.165, 1.54) is 49.6 Å². The highest BCUT2D eigenvalue weighted by Crippen LogP contribution is 2.35. The maximum absolute atomic E-state index is 2.34. The number of benzene rings is 5. The highest BCUT2D eigenvalue weighted by molar-refractivity contribution is 6.12. The summed E-state index contributed by atoms with van der Waals surface area (Å²) in [7, 11) is 2.12. The first-order valence-corrected chi connectivity index (χ1v) is 11.3. The molecule has 0 amide bonds. The number of aryl methyl sites for hydroxylation is 2. The number of rotatable bonds is 3. The lowest BCUT2D eigenvalue weighted by Gasteiger charge is -2.12. The quantitative estimate of drug-likeness (QED) is 0.209. The average molecular weight is 426 g/mol. The van der Waals surface area contributed by atoms with Crippen molar-refractivity contribution < 1.29 is 4.57 Å². The Hall–Kier alpha value is -4.17. The summed E-state index contributed by atoms with van der Waals surface area (Å²) in [5, 5.41) is 5.16. The normalized spacial score (nSPS) is 11.3. The molecule has 0 radical (unpaired) electrons. The van der Waals surface area contributed by atoms with Crippen LogP contribution in [0.25, 0.3) is 49.7 Å². The van der Waals surface area contributed by atoms with Gasteiger partial charge >= 0.3 is 0 Å². The second-order valence-corrected chi connectivity index (χ2v) is 8.66. The number of imidazole rings is 1. The smallest absolute Gasteiger partial charge is 0.232 e. The third kappa shape index (κ3) is 3.23. The number of aromatic nitrogens is 2. The van der Waals surface area contributed by atoms with Crippen molar-refractivity contribution in [2.75, 3.05) is 0 Å². The van der Waals surface area contributed by atoms with E-state index in [0.29, 0.717) is 0 Å². The summed E-state index contributed by atoms with van der Waals surface area (Å²) in [5.74, 6) is 1.17. The molecule has 6 rings (SSSR count). The molecular weight excluding hydrogens is 400 g/mol. The van der Waals surface area contributed by atoms with Crippen molar-refractivity contribution in [3.63, 3.8) is 0 Å². The van der Waals surface area contributed by atoms with Gasteiger partial charge in [0.1, 0.15) is 18.1 Å². The molecule has 0 aliphatic carbocycles. The molecule has 2 heteroatoms. The Labute approximate surface area is 194 Å². The van der Waals surface area contributed by atoms with Crippen LogP contribution >= 0.6 is 0 Å². The first kappa shape index (κ1) is 19.5. The van der Waals surface area contributed by atoms with Gasteiger partial charge < -0.3 is 0 Å². The van der Waals surface area contributed by atoms with Gasteiger partial charge in [-0.1, -0.05) is 84.9 Å². The van der Waals surface area contributed by atoms with Crippen LogP contribution in [0.4, 0.5) is 0 Å². The Bertz CT molecular complexity index is 1620. The number of hydrogen-bond acceptors (Lipinski definition) is 0. The standard InChI is InChI=1S/C31H25N2/c1-22-15-16-24(21-30(22)31-32(2)19-20-33(31)25-10-4-3-5-11-25)27-13-8-14-28-26-12-7-6-9-23(26)17-18-29(27)28/h3-21H,1-2H3/q+1. The molecule has 0 unspecified atom stereocenters. The van der Waals surface area contributed by atoms with Gasteiger partial charge in [0.25, 0.3) is 5.82 Å². The van der Waals surface area contributed by atoms with Crippen LogP contribution in [0.15, 0.2) is 116 Å².